The third-order valence-electron chi connectivity index (χ3n) is 4.17. The summed E-state index contributed by atoms with van der Waals surface area (Å²) in [6, 6.07) is 6.90. The zero-order valence-electron chi connectivity index (χ0n) is 10.5. The highest BCUT2D eigenvalue weighted by molar-refractivity contribution is 5.85. The van der Waals surface area contributed by atoms with Crippen LogP contribution in [-0.4, -0.2) is 31.1 Å². The maximum Gasteiger partial charge on any atom is 0.123 e. The summed E-state index contributed by atoms with van der Waals surface area (Å²) in [4.78, 5) is 2.50. The molecule has 100 valence electrons. The van der Waals surface area contributed by atoms with Gasteiger partial charge in [-0.1, -0.05) is 12.1 Å². The SMILES string of the molecule is Cl.Fc1ccc(CN2CCC3(CCNC3)C2)cc1. The molecule has 0 radical (unpaired) electrons. The molecule has 2 heterocycles. The number of halogens is 2. The van der Waals surface area contributed by atoms with Crippen LogP contribution in [-0.2, 0) is 6.54 Å². The Bertz CT molecular complexity index is 387. The van der Waals surface area contributed by atoms with Crippen LogP contribution in [0.4, 0.5) is 4.39 Å². The van der Waals surface area contributed by atoms with E-state index in [9.17, 15) is 4.39 Å². The second kappa shape index (κ2) is 5.55. The molecule has 2 fully saturated rings. The van der Waals surface area contributed by atoms with Crippen molar-refractivity contribution in [1.29, 1.82) is 0 Å². The van der Waals surface area contributed by atoms with Gasteiger partial charge in [0.05, 0.1) is 0 Å². The minimum atomic E-state index is -0.147. The molecule has 1 aromatic rings. The van der Waals surface area contributed by atoms with Gasteiger partial charge < -0.3 is 5.32 Å². The quantitative estimate of drug-likeness (QED) is 0.888. The predicted molar refractivity (Wildman–Crippen MR) is 73.5 cm³/mol. The highest BCUT2D eigenvalue weighted by atomic mass is 35.5. The minimum absolute atomic E-state index is 0. The van der Waals surface area contributed by atoms with E-state index in [-0.39, 0.29) is 18.2 Å². The molecule has 0 aromatic heterocycles. The zero-order valence-corrected chi connectivity index (χ0v) is 11.3. The van der Waals surface area contributed by atoms with Crippen LogP contribution in [0.3, 0.4) is 0 Å². The van der Waals surface area contributed by atoms with Gasteiger partial charge in [-0.15, -0.1) is 12.4 Å². The summed E-state index contributed by atoms with van der Waals surface area (Å²) in [7, 11) is 0. The van der Waals surface area contributed by atoms with Gasteiger partial charge in [-0.25, -0.2) is 4.39 Å². The summed E-state index contributed by atoms with van der Waals surface area (Å²) in [5.74, 6) is -0.147. The lowest BCUT2D eigenvalue weighted by Crippen LogP contribution is -2.28. The highest BCUT2D eigenvalue weighted by Gasteiger charge is 2.39. The van der Waals surface area contributed by atoms with Crippen molar-refractivity contribution in [3.63, 3.8) is 0 Å². The third-order valence-corrected chi connectivity index (χ3v) is 4.17. The number of nitrogens with one attached hydrogen (secondary N) is 1. The van der Waals surface area contributed by atoms with Crippen molar-refractivity contribution in [3.05, 3.63) is 35.6 Å². The first-order valence-corrected chi connectivity index (χ1v) is 6.43. The first kappa shape index (κ1) is 13.8. The van der Waals surface area contributed by atoms with Gasteiger partial charge in [0.1, 0.15) is 5.82 Å². The molecule has 3 rings (SSSR count). The number of nitrogens with zero attached hydrogens (tertiary/aromatic N) is 1. The van der Waals surface area contributed by atoms with E-state index in [0.29, 0.717) is 5.41 Å². The van der Waals surface area contributed by atoms with Gasteiger partial charge in [-0.05, 0) is 49.0 Å². The van der Waals surface area contributed by atoms with Crippen LogP contribution in [0.5, 0.6) is 0 Å². The lowest BCUT2D eigenvalue weighted by Gasteiger charge is -2.22. The van der Waals surface area contributed by atoms with E-state index >= 15 is 0 Å². The monoisotopic (exact) mass is 270 g/mol. The van der Waals surface area contributed by atoms with E-state index in [0.717, 1.165) is 6.54 Å². The Labute approximate surface area is 114 Å². The van der Waals surface area contributed by atoms with E-state index in [1.165, 1.54) is 44.6 Å². The maximum atomic E-state index is 12.8. The van der Waals surface area contributed by atoms with Crippen LogP contribution in [0.25, 0.3) is 0 Å². The molecule has 2 aliphatic rings. The number of hydrogen-bond acceptors (Lipinski definition) is 2. The Morgan fingerprint density at radius 3 is 2.67 bits per heavy atom. The summed E-state index contributed by atoms with van der Waals surface area (Å²) in [5.41, 5.74) is 1.74. The van der Waals surface area contributed by atoms with Crippen molar-refractivity contribution in [2.45, 2.75) is 19.4 Å². The van der Waals surface area contributed by atoms with Crippen LogP contribution >= 0.6 is 12.4 Å². The van der Waals surface area contributed by atoms with Gasteiger partial charge >= 0.3 is 0 Å². The molecule has 2 aliphatic heterocycles. The van der Waals surface area contributed by atoms with Crippen LogP contribution < -0.4 is 5.32 Å². The van der Waals surface area contributed by atoms with Gasteiger partial charge in [0.2, 0.25) is 0 Å². The Morgan fingerprint density at radius 1 is 1.22 bits per heavy atom. The average molecular weight is 271 g/mol. The Hall–Kier alpha value is -0.640. The van der Waals surface area contributed by atoms with Crippen molar-refractivity contribution in [3.8, 4) is 0 Å². The lowest BCUT2D eigenvalue weighted by atomic mass is 9.87. The molecule has 0 aliphatic carbocycles. The molecule has 0 bridgehead atoms. The molecular formula is C14H20ClFN2. The minimum Gasteiger partial charge on any atom is -0.316 e. The third kappa shape index (κ3) is 2.85. The smallest absolute Gasteiger partial charge is 0.123 e. The van der Waals surface area contributed by atoms with Crippen molar-refractivity contribution in [2.75, 3.05) is 26.2 Å². The number of hydrogen-bond donors (Lipinski definition) is 1. The zero-order chi connectivity index (χ0) is 11.7. The first-order chi connectivity index (χ1) is 8.26. The van der Waals surface area contributed by atoms with Crippen LogP contribution in [0.2, 0.25) is 0 Å². The predicted octanol–water partition coefficient (Wildman–Crippen LogP) is 2.43. The molecule has 2 saturated heterocycles. The molecule has 1 N–H and O–H groups in total. The molecule has 2 nitrogen and oxygen atoms in total. The molecule has 4 heteroatoms. The van der Waals surface area contributed by atoms with E-state index in [4.69, 9.17) is 0 Å². The van der Waals surface area contributed by atoms with Gasteiger partial charge in [0.15, 0.2) is 0 Å². The molecule has 1 atom stereocenters. The highest BCUT2D eigenvalue weighted by Crippen LogP contribution is 2.36. The van der Waals surface area contributed by atoms with Crippen molar-refractivity contribution in [2.24, 2.45) is 5.41 Å². The molecule has 0 amide bonds. The van der Waals surface area contributed by atoms with E-state index in [2.05, 4.69) is 10.2 Å². The fraction of sp³-hybridized carbons (Fsp3) is 0.571. The Balaban J connectivity index is 0.00000120. The molecule has 1 aromatic carbocycles. The number of benzene rings is 1. The standard InChI is InChI=1S/C14H19FN2.ClH/c15-13-3-1-12(2-4-13)9-17-8-6-14(11-17)5-7-16-10-14;/h1-4,16H,5-11H2;1H. The maximum absolute atomic E-state index is 12.8. The first-order valence-electron chi connectivity index (χ1n) is 6.43. The van der Waals surface area contributed by atoms with Crippen LogP contribution in [0.15, 0.2) is 24.3 Å². The van der Waals surface area contributed by atoms with Gasteiger partial charge in [-0.2, -0.15) is 0 Å². The summed E-state index contributed by atoms with van der Waals surface area (Å²) in [6.07, 6.45) is 2.62. The molecule has 0 saturated carbocycles. The molecule has 1 unspecified atom stereocenters. The van der Waals surface area contributed by atoms with Crippen LogP contribution in [0.1, 0.15) is 18.4 Å². The number of likely N-dealkylation sites (tertiary alicyclic amines) is 1. The Morgan fingerprint density at radius 2 is 2.00 bits per heavy atom. The summed E-state index contributed by atoms with van der Waals surface area (Å²) >= 11 is 0. The largest absolute Gasteiger partial charge is 0.316 e. The second-order valence-corrected chi connectivity index (χ2v) is 5.51. The topological polar surface area (TPSA) is 15.3 Å². The summed E-state index contributed by atoms with van der Waals surface area (Å²) in [6.45, 7) is 5.68. The Kier molecular flexibility index (Phi) is 4.25. The second-order valence-electron chi connectivity index (χ2n) is 5.51. The average Bonchev–Trinajstić information content (AvgIpc) is 2.94. The van der Waals surface area contributed by atoms with Crippen molar-refractivity contribution >= 4 is 12.4 Å². The number of rotatable bonds is 2. The van der Waals surface area contributed by atoms with Crippen molar-refractivity contribution in [1.82, 2.24) is 10.2 Å². The fourth-order valence-corrected chi connectivity index (χ4v) is 3.15. The molecule has 1 spiro atoms. The van der Waals surface area contributed by atoms with Gasteiger partial charge in [0.25, 0.3) is 0 Å². The van der Waals surface area contributed by atoms with E-state index < -0.39 is 0 Å². The van der Waals surface area contributed by atoms with E-state index in [1.54, 1.807) is 12.1 Å². The van der Waals surface area contributed by atoms with Gasteiger partial charge in [0, 0.05) is 19.6 Å². The van der Waals surface area contributed by atoms with Crippen molar-refractivity contribution < 1.29 is 4.39 Å². The summed E-state index contributed by atoms with van der Waals surface area (Å²) < 4.78 is 12.8. The fourth-order valence-electron chi connectivity index (χ4n) is 3.15. The molecule has 18 heavy (non-hydrogen) atoms. The van der Waals surface area contributed by atoms with Gasteiger partial charge in [-0.3, -0.25) is 4.90 Å². The summed E-state index contributed by atoms with van der Waals surface area (Å²) in [5, 5.41) is 3.47. The normalized spacial score (nSPS) is 27.6. The lowest BCUT2D eigenvalue weighted by molar-refractivity contribution is 0.268. The van der Waals surface area contributed by atoms with E-state index in [1.807, 2.05) is 12.1 Å². The van der Waals surface area contributed by atoms with Crippen LogP contribution in [0, 0.1) is 11.2 Å². The molecular weight excluding hydrogens is 251 g/mol.